The number of nitrogens with zero attached hydrogens (tertiary/aromatic N) is 1. The zero-order chi connectivity index (χ0) is 13.9. The number of hydrogen-bond donors (Lipinski definition) is 1. The highest BCUT2D eigenvalue weighted by Gasteiger charge is 2.24. The van der Waals surface area contributed by atoms with Gasteiger partial charge in [-0.05, 0) is 27.7 Å². The van der Waals surface area contributed by atoms with Crippen LogP contribution in [0.5, 0.6) is 5.88 Å². The van der Waals surface area contributed by atoms with Crippen LogP contribution in [0.4, 0.5) is 10.1 Å². The van der Waals surface area contributed by atoms with E-state index in [2.05, 4.69) is 4.98 Å². The van der Waals surface area contributed by atoms with Gasteiger partial charge in [0.1, 0.15) is 11.4 Å². The average molecular weight is 256 g/mol. The van der Waals surface area contributed by atoms with Gasteiger partial charge in [-0.3, -0.25) is 0 Å². The van der Waals surface area contributed by atoms with Crippen LogP contribution in [0.25, 0.3) is 0 Å². The number of halogens is 1. The molecule has 1 heterocycles. The molecule has 0 aromatic carbocycles. The summed E-state index contributed by atoms with van der Waals surface area (Å²) in [4.78, 5) is 15.3. The summed E-state index contributed by atoms with van der Waals surface area (Å²) in [7, 11) is 0. The molecule has 1 atom stereocenters. The Kier molecular flexibility index (Phi) is 4.11. The lowest BCUT2D eigenvalue weighted by Crippen LogP contribution is -2.33. The van der Waals surface area contributed by atoms with Crippen molar-refractivity contribution >= 4 is 11.7 Å². The van der Waals surface area contributed by atoms with Crippen molar-refractivity contribution in [2.45, 2.75) is 39.4 Å². The van der Waals surface area contributed by atoms with Crippen LogP contribution >= 0.6 is 0 Å². The molecule has 0 bridgehead atoms. The summed E-state index contributed by atoms with van der Waals surface area (Å²) in [5.41, 5.74) is 4.95. The number of rotatable bonds is 3. The first kappa shape index (κ1) is 14.2. The number of pyridine rings is 1. The number of hydrogen-bond acceptors (Lipinski definition) is 5. The number of anilines is 1. The normalized spacial score (nSPS) is 12.9. The number of nitrogen functional groups attached to an aromatic ring is 1. The molecule has 2 N–H and O–H groups in total. The minimum atomic E-state index is -0.871. The van der Waals surface area contributed by atoms with Crippen LogP contribution in [0.1, 0.15) is 27.7 Å². The van der Waals surface area contributed by atoms with Crippen LogP contribution < -0.4 is 10.5 Å². The molecule has 0 aliphatic rings. The van der Waals surface area contributed by atoms with Crippen molar-refractivity contribution in [2.24, 2.45) is 0 Å². The summed E-state index contributed by atoms with van der Waals surface area (Å²) in [5.74, 6) is -1.09. The quantitative estimate of drug-likeness (QED) is 0.836. The highest BCUT2D eigenvalue weighted by molar-refractivity contribution is 5.75. The van der Waals surface area contributed by atoms with E-state index in [9.17, 15) is 9.18 Å². The lowest BCUT2D eigenvalue weighted by atomic mass is 10.2. The van der Waals surface area contributed by atoms with Crippen LogP contribution in [-0.4, -0.2) is 22.7 Å². The molecule has 6 heteroatoms. The molecule has 0 amide bonds. The molecule has 5 nitrogen and oxygen atoms in total. The standard InChI is InChI=1S/C12H17FN2O3/c1-7(11(16)18-12(2,3)4)17-10-9(14)5-8(13)6-15-10/h5-7H,14H2,1-4H3/t7-/m0/s1. The Bertz CT molecular complexity index is 443. The number of carbonyl (C=O) groups excluding carboxylic acids is 1. The van der Waals surface area contributed by atoms with Gasteiger partial charge in [-0.25, -0.2) is 14.2 Å². The SMILES string of the molecule is C[C@H](Oc1ncc(F)cc1N)C(=O)OC(C)(C)C. The molecule has 0 unspecified atom stereocenters. The third kappa shape index (κ3) is 4.20. The van der Waals surface area contributed by atoms with Crippen LogP contribution in [0.3, 0.4) is 0 Å². The predicted molar refractivity (Wildman–Crippen MR) is 64.5 cm³/mol. The molecule has 0 saturated heterocycles. The van der Waals surface area contributed by atoms with Crippen molar-refractivity contribution in [3.8, 4) is 5.88 Å². The fraction of sp³-hybridized carbons (Fsp3) is 0.500. The van der Waals surface area contributed by atoms with Gasteiger partial charge in [0.25, 0.3) is 0 Å². The van der Waals surface area contributed by atoms with Gasteiger partial charge in [0, 0.05) is 6.07 Å². The van der Waals surface area contributed by atoms with E-state index in [1.165, 1.54) is 6.92 Å². The van der Waals surface area contributed by atoms with Gasteiger partial charge in [-0.15, -0.1) is 0 Å². The highest BCUT2D eigenvalue weighted by Crippen LogP contribution is 2.20. The zero-order valence-corrected chi connectivity index (χ0v) is 10.9. The second-order valence-corrected chi connectivity index (χ2v) is 4.84. The third-order valence-corrected chi connectivity index (χ3v) is 1.87. The lowest BCUT2D eigenvalue weighted by molar-refractivity contribution is -0.162. The number of ether oxygens (including phenoxy) is 2. The molecule has 0 aliphatic carbocycles. The molecule has 1 aromatic rings. The zero-order valence-electron chi connectivity index (χ0n) is 10.9. The predicted octanol–water partition coefficient (Wildman–Crippen LogP) is 1.91. The van der Waals surface area contributed by atoms with E-state index in [-0.39, 0.29) is 11.6 Å². The second kappa shape index (κ2) is 5.20. The molecule has 18 heavy (non-hydrogen) atoms. The molecule has 0 radical (unpaired) electrons. The average Bonchev–Trinajstić information content (AvgIpc) is 2.19. The number of carbonyl (C=O) groups is 1. The molecule has 0 saturated carbocycles. The van der Waals surface area contributed by atoms with Crippen LogP contribution in [0.2, 0.25) is 0 Å². The van der Waals surface area contributed by atoms with Gasteiger partial charge in [0.2, 0.25) is 5.88 Å². The molecule has 1 rings (SSSR count). The Labute approximate surface area is 105 Å². The van der Waals surface area contributed by atoms with Crippen LogP contribution in [0, 0.1) is 5.82 Å². The van der Waals surface area contributed by atoms with Crippen LogP contribution in [0.15, 0.2) is 12.3 Å². The largest absolute Gasteiger partial charge is 0.461 e. The van der Waals surface area contributed by atoms with Gasteiger partial charge in [0.15, 0.2) is 6.10 Å². The first-order valence-corrected chi connectivity index (χ1v) is 5.49. The van der Waals surface area contributed by atoms with E-state index in [0.29, 0.717) is 0 Å². The molecule has 0 aliphatic heterocycles. The maximum atomic E-state index is 12.8. The summed E-state index contributed by atoms with van der Waals surface area (Å²) < 4.78 is 23.1. The third-order valence-electron chi connectivity index (χ3n) is 1.87. The highest BCUT2D eigenvalue weighted by atomic mass is 19.1. The Morgan fingerprint density at radius 2 is 2.11 bits per heavy atom. The van der Waals surface area contributed by atoms with Crippen molar-refractivity contribution in [1.82, 2.24) is 4.98 Å². The minimum absolute atomic E-state index is 0.00904. The van der Waals surface area contributed by atoms with E-state index in [1.807, 2.05) is 0 Å². The Morgan fingerprint density at radius 3 is 2.61 bits per heavy atom. The first-order chi connectivity index (χ1) is 8.19. The molecule has 0 fully saturated rings. The van der Waals surface area contributed by atoms with E-state index in [0.717, 1.165) is 12.3 Å². The fourth-order valence-electron chi connectivity index (χ4n) is 1.14. The van der Waals surface area contributed by atoms with E-state index in [4.69, 9.17) is 15.2 Å². The maximum absolute atomic E-state index is 12.8. The van der Waals surface area contributed by atoms with Crippen molar-refractivity contribution in [3.05, 3.63) is 18.1 Å². The van der Waals surface area contributed by atoms with Gasteiger partial charge in [0.05, 0.1) is 11.9 Å². The van der Waals surface area contributed by atoms with Gasteiger partial charge >= 0.3 is 5.97 Å². The lowest BCUT2D eigenvalue weighted by Gasteiger charge is -2.22. The van der Waals surface area contributed by atoms with E-state index < -0.39 is 23.5 Å². The maximum Gasteiger partial charge on any atom is 0.347 e. The molecule has 100 valence electrons. The Balaban J connectivity index is 2.69. The number of nitrogens with two attached hydrogens (primary N) is 1. The van der Waals surface area contributed by atoms with E-state index >= 15 is 0 Å². The minimum Gasteiger partial charge on any atom is -0.461 e. The molecular formula is C12H17FN2O3. The van der Waals surface area contributed by atoms with Crippen molar-refractivity contribution in [2.75, 3.05) is 5.73 Å². The topological polar surface area (TPSA) is 74.4 Å². The fourth-order valence-corrected chi connectivity index (χ4v) is 1.14. The van der Waals surface area contributed by atoms with Gasteiger partial charge in [-0.1, -0.05) is 0 Å². The van der Waals surface area contributed by atoms with Crippen molar-refractivity contribution in [1.29, 1.82) is 0 Å². The summed E-state index contributed by atoms with van der Waals surface area (Å²) >= 11 is 0. The van der Waals surface area contributed by atoms with Gasteiger partial charge in [-0.2, -0.15) is 0 Å². The monoisotopic (exact) mass is 256 g/mol. The Hall–Kier alpha value is -1.85. The Morgan fingerprint density at radius 1 is 1.50 bits per heavy atom. The van der Waals surface area contributed by atoms with Crippen molar-refractivity contribution < 1.29 is 18.7 Å². The molecular weight excluding hydrogens is 239 g/mol. The van der Waals surface area contributed by atoms with E-state index in [1.54, 1.807) is 20.8 Å². The smallest absolute Gasteiger partial charge is 0.347 e. The molecule has 0 spiro atoms. The molecule has 1 aromatic heterocycles. The summed E-state index contributed by atoms with van der Waals surface area (Å²) in [6, 6.07) is 1.07. The number of aromatic nitrogens is 1. The summed E-state index contributed by atoms with van der Waals surface area (Å²) in [6.07, 6.45) is 0.0949. The summed E-state index contributed by atoms with van der Waals surface area (Å²) in [5, 5.41) is 0. The van der Waals surface area contributed by atoms with Crippen molar-refractivity contribution in [3.63, 3.8) is 0 Å². The van der Waals surface area contributed by atoms with Crippen LogP contribution in [-0.2, 0) is 9.53 Å². The number of esters is 1. The summed E-state index contributed by atoms with van der Waals surface area (Å²) in [6.45, 7) is 6.77. The van der Waals surface area contributed by atoms with Gasteiger partial charge < -0.3 is 15.2 Å². The first-order valence-electron chi connectivity index (χ1n) is 5.49. The second-order valence-electron chi connectivity index (χ2n) is 4.84.